The van der Waals surface area contributed by atoms with Gasteiger partial charge in [-0.1, -0.05) is 59.9 Å². The Labute approximate surface area is 84.0 Å². The Balaban J connectivity index is 0. The molecule has 0 amide bonds. The molecule has 0 nitrogen and oxygen atoms in total. The third-order valence-electron chi connectivity index (χ3n) is 1.95. The van der Waals surface area contributed by atoms with E-state index < -0.39 is 0 Å². The lowest BCUT2D eigenvalue weighted by molar-refractivity contribution is 0.586. The zero-order chi connectivity index (χ0) is 8.48. The van der Waals surface area contributed by atoms with Crippen LogP contribution in [0.15, 0.2) is 24.3 Å². The highest BCUT2D eigenvalue weighted by Gasteiger charge is 2.14. The largest absolute Gasteiger partial charge is 0.0776 e. The van der Waals surface area contributed by atoms with Crippen LogP contribution in [0.25, 0.3) is 0 Å². The van der Waals surface area contributed by atoms with Crippen LogP contribution in [0.2, 0.25) is 0 Å². The molecule has 1 aromatic carbocycles. The number of rotatable bonds is 0. The molecule has 0 atom stereocenters. The first-order valence-electron chi connectivity index (χ1n) is 4.08. The van der Waals surface area contributed by atoms with E-state index in [4.69, 9.17) is 0 Å². The fraction of sp³-hybridized carbons (Fsp3) is 0.538. The Hall–Kier alpha value is -0.780. The second-order valence-electron chi connectivity index (χ2n) is 4.06. The first-order valence-corrected chi connectivity index (χ1v) is 4.08. The van der Waals surface area contributed by atoms with Crippen molar-refractivity contribution in [2.45, 2.75) is 48.0 Å². The first kappa shape index (κ1) is 14.7. The van der Waals surface area contributed by atoms with Gasteiger partial charge >= 0.3 is 0 Å². The minimum absolute atomic E-state index is 0. The van der Waals surface area contributed by atoms with Crippen molar-refractivity contribution >= 4 is 0 Å². The van der Waals surface area contributed by atoms with Crippen LogP contribution in [0.4, 0.5) is 0 Å². The Morgan fingerprint density at radius 3 is 1.69 bits per heavy atom. The van der Waals surface area contributed by atoms with E-state index in [2.05, 4.69) is 52.0 Å². The van der Waals surface area contributed by atoms with Crippen LogP contribution >= 0.6 is 0 Å². The predicted molar refractivity (Wildman–Crippen MR) is 63.3 cm³/mol. The van der Waals surface area contributed by atoms with Crippen molar-refractivity contribution in [3.63, 3.8) is 0 Å². The van der Waals surface area contributed by atoms with Crippen LogP contribution in [0.5, 0.6) is 0 Å². The zero-order valence-electron chi connectivity index (χ0n) is 7.81. The topological polar surface area (TPSA) is 0 Å². The molecule has 0 saturated carbocycles. The van der Waals surface area contributed by atoms with Crippen LogP contribution in [-0.2, 0) is 5.41 Å². The lowest BCUT2D eigenvalue weighted by Crippen LogP contribution is -2.12. The average Bonchev–Trinajstić information content (AvgIpc) is 1.86. The molecule has 0 aliphatic heterocycles. The molecule has 0 unspecified atom stereocenters. The molecule has 0 aliphatic rings. The highest BCUT2D eigenvalue weighted by molar-refractivity contribution is 5.31. The molecule has 0 heteroatoms. The highest BCUT2D eigenvalue weighted by Crippen LogP contribution is 2.24. The van der Waals surface area contributed by atoms with Crippen LogP contribution in [0.3, 0.4) is 0 Å². The highest BCUT2D eigenvalue weighted by atomic mass is 14.2. The van der Waals surface area contributed by atoms with E-state index in [0.717, 1.165) is 0 Å². The van der Waals surface area contributed by atoms with Crippen LogP contribution in [0, 0.1) is 6.92 Å². The van der Waals surface area contributed by atoms with Gasteiger partial charge in [0.05, 0.1) is 0 Å². The lowest BCUT2D eigenvalue weighted by Gasteiger charge is -2.21. The second-order valence-corrected chi connectivity index (χ2v) is 4.06. The van der Waals surface area contributed by atoms with Gasteiger partial charge in [-0.2, -0.15) is 0 Å². The van der Waals surface area contributed by atoms with Crippen molar-refractivity contribution < 1.29 is 0 Å². The summed E-state index contributed by atoms with van der Waals surface area (Å²) >= 11 is 0. The predicted octanol–water partition coefficient (Wildman–Crippen LogP) is 4.56. The maximum atomic E-state index is 2.25. The third-order valence-corrected chi connectivity index (χ3v) is 1.95. The summed E-state index contributed by atoms with van der Waals surface area (Å²) in [6.45, 7) is 8.90. The number of aryl methyl sites for hydroxylation is 1. The molecule has 0 fully saturated rings. The van der Waals surface area contributed by atoms with E-state index in [-0.39, 0.29) is 20.3 Å². The van der Waals surface area contributed by atoms with Gasteiger partial charge in [-0.3, -0.25) is 0 Å². The summed E-state index contributed by atoms with van der Waals surface area (Å²) in [7, 11) is 0. The Kier molecular flexibility index (Phi) is 5.73. The van der Waals surface area contributed by atoms with Crippen LogP contribution < -0.4 is 0 Å². The Morgan fingerprint density at radius 2 is 1.38 bits per heavy atom. The first-order chi connectivity index (χ1) is 5.02. The minimum atomic E-state index is 0. The monoisotopic (exact) mass is 180 g/mol. The molecule has 1 rings (SSSR count). The molecule has 76 valence electrons. The fourth-order valence-electron chi connectivity index (χ4n) is 1.41. The van der Waals surface area contributed by atoms with E-state index in [1.807, 2.05) is 0 Å². The number of hydrogen-bond donors (Lipinski definition) is 0. The standard InChI is InChI=1S/C11H16.2CH4/c1-9-7-5-6-8-10(9)11(2,3)4;;/h5-8H,1-4H3;2*1H4. The molecule has 0 aromatic heterocycles. The smallest absolute Gasteiger partial charge is 0.0129 e. The van der Waals surface area contributed by atoms with Crippen molar-refractivity contribution in [1.82, 2.24) is 0 Å². The quantitative estimate of drug-likeness (QED) is 0.549. The van der Waals surface area contributed by atoms with Gasteiger partial charge in [-0.15, -0.1) is 0 Å². The molecule has 0 aliphatic carbocycles. The second kappa shape index (κ2) is 5.06. The van der Waals surface area contributed by atoms with Gasteiger partial charge < -0.3 is 0 Å². The molecule has 13 heavy (non-hydrogen) atoms. The minimum Gasteiger partial charge on any atom is -0.0776 e. The summed E-state index contributed by atoms with van der Waals surface area (Å²) in [5.74, 6) is 0. The van der Waals surface area contributed by atoms with Crippen molar-refractivity contribution in [3.8, 4) is 0 Å². The van der Waals surface area contributed by atoms with Crippen molar-refractivity contribution in [2.24, 2.45) is 0 Å². The Morgan fingerprint density at radius 1 is 0.923 bits per heavy atom. The maximum absolute atomic E-state index is 2.25. The van der Waals surface area contributed by atoms with E-state index in [1.54, 1.807) is 0 Å². The SMILES string of the molecule is C.C.Cc1ccccc1C(C)(C)C. The summed E-state index contributed by atoms with van der Waals surface area (Å²) in [5.41, 5.74) is 3.12. The van der Waals surface area contributed by atoms with Gasteiger partial charge in [-0.05, 0) is 23.5 Å². The van der Waals surface area contributed by atoms with Gasteiger partial charge in [0.15, 0.2) is 0 Å². The maximum Gasteiger partial charge on any atom is -0.0129 e. The molecular weight excluding hydrogens is 156 g/mol. The average molecular weight is 180 g/mol. The molecule has 0 spiro atoms. The zero-order valence-corrected chi connectivity index (χ0v) is 7.81. The van der Waals surface area contributed by atoms with Gasteiger partial charge in [0.2, 0.25) is 0 Å². The summed E-state index contributed by atoms with van der Waals surface area (Å²) in [4.78, 5) is 0. The molecular formula is C13H24. The summed E-state index contributed by atoms with van der Waals surface area (Å²) in [6.07, 6.45) is 0. The third kappa shape index (κ3) is 3.63. The van der Waals surface area contributed by atoms with Crippen LogP contribution in [0.1, 0.15) is 46.8 Å². The molecule has 0 saturated heterocycles. The molecule has 0 radical (unpaired) electrons. The normalized spacial score (nSPS) is 9.85. The summed E-state index contributed by atoms with van der Waals surface area (Å²) in [5, 5.41) is 0. The van der Waals surface area contributed by atoms with E-state index in [1.165, 1.54) is 11.1 Å². The van der Waals surface area contributed by atoms with Crippen molar-refractivity contribution in [2.75, 3.05) is 0 Å². The molecule has 0 heterocycles. The van der Waals surface area contributed by atoms with Gasteiger partial charge in [0.1, 0.15) is 0 Å². The summed E-state index contributed by atoms with van der Waals surface area (Å²) < 4.78 is 0. The van der Waals surface area contributed by atoms with Gasteiger partial charge in [-0.25, -0.2) is 0 Å². The molecule has 0 N–H and O–H groups in total. The number of benzene rings is 1. The van der Waals surface area contributed by atoms with E-state index in [9.17, 15) is 0 Å². The Bertz CT molecular complexity index is 240. The van der Waals surface area contributed by atoms with E-state index >= 15 is 0 Å². The number of hydrogen-bond acceptors (Lipinski definition) is 0. The molecule has 0 bridgehead atoms. The summed E-state index contributed by atoms with van der Waals surface area (Å²) in [6, 6.07) is 8.56. The lowest BCUT2D eigenvalue weighted by atomic mass is 9.84. The van der Waals surface area contributed by atoms with Crippen LogP contribution in [-0.4, -0.2) is 0 Å². The van der Waals surface area contributed by atoms with E-state index in [0.29, 0.717) is 0 Å². The fourth-order valence-corrected chi connectivity index (χ4v) is 1.41. The van der Waals surface area contributed by atoms with Crippen molar-refractivity contribution in [1.29, 1.82) is 0 Å². The molecule has 1 aromatic rings. The van der Waals surface area contributed by atoms with Gasteiger partial charge in [0.25, 0.3) is 0 Å². The van der Waals surface area contributed by atoms with Gasteiger partial charge in [0, 0.05) is 0 Å². The van der Waals surface area contributed by atoms with Crippen molar-refractivity contribution in [3.05, 3.63) is 35.4 Å².